The van der Waals surface area contributed by atoms with Crippen LogP contribution in [0.3, 0.4) is 0 Å². The smallest absolute Gasteiger partial charge is 0.406 e. The number of alkyl halides is 3. The van der Waals surface area contributed by atoms with Crippen molar-refractivity contribution in [3.05, 3.63) is 72.8 Å². The molecule has 3 aromatic rings. The van der Waals surface area contributed by atoms with Crippen LogP contribution < -0.4 is 10.1 Å². The Bertz CT molecular complexity index is 1600. The van der Waals surface area contributed by atoms with Crippen LogP contribution in [0.15, 0.2) is 67.3 Å². The number of halogens is 5. The molecule has 2 aromatic carbocycles. The molecular formula is C29H26F5N5O4. The van der Waals surface area contributed by atoms with Crippen molar-refractivity contribution in [2.75, 3.05) is 26.2 Å². The highest BCUT2D eigenvalue weighted by atomic mass is 19.4. The molecule has 1 N–H and O–H groups in total. The van der Waals surface area contributed by atoms with Gasteiger partial charge in [0.05, 0.1) is 17.1 Å². The minimum Gasteiger partial charge on any atom is -0.406 e. The molecular weight excluding hydrogens is 577 g/mol. The minimum atomic E-state index is -4.86. The van der Waals surface area contributed by atoms with Crippen LogP contribution in [-0.2, 0) is 9.59 Å². The zero-order chi connectivity index (χ0) is 31.1. The molecule has 2 aliphatic heterocycles. The fraction of sp³-hybridized carbons (Fsp3) is 0.310. The van der Waals surface area contributed by atoms with Crippen LogP contribution in [0.25, 0.3) is 22.2 Å². The largest absolute Gasteiger partial charge is 0.573 e. The fourth-order valence-corrected chi connectivity index (χ4v) is 5.28. The molecule has 0 radical (unpaired) electrons. The summed E-state index contributed by atoms with van der Waals surface area (Å²) in [6.45, 7) is 6.73. The first-order valence-electron chi connectivity index (χ1n) is 13.3. The molecule has 0 unspecified atom stereocenters. The Morgan fingerprint density at radius 1 is 0.907 bits per heavy atom. The highest BCUT2D eigenvalue weighted by Gasteiger charge is 2.36. The van der Waals surface area contributed by atoms with Crippen LogP contribution in [0.5, 0.6) is 5.75 Å². The van der Waals surface area contributed by atoms with E-state index in [9.17, 15) is 36.3 Å². The van der Waals surface area contributed by atoms with Gasteiger partial charge >= 0.3 is 6.36 Å². The summed E-state index contributed by atoms with van der Waals surface area (Å²) >= 11 is 0. The number of benzene rings is 2. The molecule has 43 heavy (non-hydrogen) atoms. The SMILES string of the molecule is C=C(F)C(=O)N1CCC(NC(=O)c2cccc3c(-c4ccc(OC(F)(F)F)cc4)nn(C4CN(C(=O)C(=C)F)C4)c23)CC1. The van der Waals surface area contributed by atoms with E-state index in [1.54, 1.807) is 22.9 Å². The highest BCUT2D eigenvalue weighted by molar-refractivity contribution is 6.09. The van der Waals surface area contributed by atoms with Crippen molar-refractivity contribution >= 4 is 28.6 Å². The summed E-state index contributed by atoms with van der Waals surface area (Å²) in [6.07, 6.45) is -4.07. The lowest BCUT2D eigenvalue weighted by Crippen LogP contribution is -2.51. The van der Waals surface area contributed by atoms with Gasteiger partial charge in [-0.25, -0.2) is 8.78 Å². The van der Waals surface area contributed by atoms with Gasteiger partial charge in [-0.1, -0.05) is 25.3 Å². The van der Waals surface area contributed by atoms with Gasteiger partial charge in [0.25, 0.3) is 17.7 Å². The maximum Gasteiger partial charge on any atom is 0.573 e. The number of hydrogen-bond acceptors (Lipinski definition) is 5. The zero-order valence-corrected chi connectivity index (χ0v) is 22.7. The fourth-order valence-electron chi connectivity index (χ4n) is 5.28. The average Bonchev–Trinajstić information content (AvgIpc) is 3.31. The number of nitrogens with zero attached hydrogens (tertiary/aromatic N) is 4. The number of para-hydroxylation sites is 1. The Hall–Kier alpha value is -4.75. The maximum atomic E-state index is 13.6. The number of rotatable bonds is 7. The van der Waals surface area contributed by atoms with Gasteiger partial charge in [-0.15, -0.1) is 13.2 Å². The molecule has 3 amide bonds. The summed E-state index contributed by atoms with van der Waals surface area (Å²) in [5.74, 6) is -4.64. The van der Waals surface area contributed by atoms with E-state index in [2.05, 4.69) is 23.2 Å². The number of fused-ring (bicyclic) bond motifs is 1. The standard InChI is InChI=1S/C29H26F5N5O4/c1-16(30)27(41)37-12-10-19(11-13-37)35-26(40)23-5-3-4-22-24(18-6-8-21(9-7-18)43-29(32,33)34)36-39(25(22)23)20-14-38(15-20)28(42)17(2)31/h3-9,19-20H,1-2,10-15H2,(H,35,40). The summed E-state index contributed by atoms with van der Waals surface area (Å²) in [6, 6.07) is 9.34. The Labute approximate surface area is 242 Å². The zero-order valence-electron chi connectivity index (χ0n) is 22.7. The molecule has 2 aliphatic rings. The number of carbonyl (C=O) groups excluding carboxylic acids is 3. The van der Waals surface area contributed by atoms with Gasteiger partial charge in [0.1, 0.15) is 11.4 Å². The van der Waals surface area contributed by atoms with Crippen molar-refractivity contribution in [3.63, 3.8) is 0 Å². The van der Waals surface area contributed by atoms with Gasteiger partial charge in [-0.3, -0.25) is 19.1 Å². The van der Waals surface area contributed by atoms with E-state index in [0.717, 1.165) is 12.1 Å². The Kier molecular flexibility index (Phi) is 7.95. The van der Waals surface area contributed by atoms with Crippen molar-refractivity contribution in [3.8, 4) is 17.0 Å². The minimum absolute atomic E-state index is 0.0959. The van der Waals surface area contributed by atoms with E-state index in [-0.39, 0.29) is 37.8 Å². The number of ether oxygens (including phenoxy) is 1. The van der Waals surface area contributed by atoms with Gasteiger partial charge in [0, 0.05) is 43.2 Å². The van der Waals surface area contributed by atoms with E-state index in [0.29, 0.717) is 35.0 Å². The molecule has 9 nitrogen and oxygen atoms in total. The van der Waals surface area contributed by atoms with E-state index in [1.807, 2.05) is 0 Å². The van der Waals surface area contributed by atoms with E-state index in [4.69, 9.17) is 5.10 Å². The summed E-state index contributed by atoms with van der Waals surface area (Å²) in [5, 5.41) is 8.17. The van der Waals surface area contributed by atoms with Crippen LogP contribution in [0.2, 0.25) is 0 Å². The molecule has 226 valence electrons. The van der Waals surface area contributed by atoms with E-state index < -0.39 is 47.5 Å². The maximum absolute atomic E-state index is 13.6. The van der Waals surface area contributed by atoms with Gasteiger partial charge in [-0.05, 0) is 43.2 Å². The first-order chi connectivity index (χ1) is 20.3. The molecule has 3 heterocycles. The van der Waals surface area contributed by atoms with Crippen LogP contribution >= 0.6 is 0 Å². The predicted molar refractivity (Wildman–Crippen MR) is 145 cm³/mol. The van der Waals surface area contributed by atoms with Crippen LogP contribution in [-0.4, -0.2) is 75.9 Å². The van der Waals surface area contributed by atoms with Crippen LogP contribution in [0.1, 0.15) is 29.2 Å². The average molecular weight is 604 g/mol. The molecule has 2 saturated heterocycles. The highest BCUT2D eigenvalue weighted by Crippen LogP contribution is 2.36. The van der Waals surface area contributed by atoms with Gasteiger partial charge in [0.2, 0.25) is 0 Å². The molecule has 0 spiro atoms. The quantitative estimate of drug-likeness (QED) is 0.313. The van der Waals surface area contributed by atoms with Gasteiger partial charge in [-0.2, -0.15) is 5.10 Å². The van der Waals surface area contributed by atoms with Crippen molar-refractivity contribution in [2.45, 2.75) is 31.3 Å². The number of piperidine rings is 1. The molecule has 5 rings (SSSR count). The Balaban J connectivity index is 1.45. The second-order valence-corrected chi connectivity index (χ2v) is 10.3. The van der Waals surface area contributed by atoms with E-state index >= 15 is 0 Å². The third-order valence-electron chi connectivity index (χ3n) is 7.41. The summed E-state index contributed by atoms with van der Waals surface area (Å²) < 4.78 is 70.2. The lowest BCUT2D eigenvalue weighted by molar-refractivity contribution is -0.274. The number of aromatic nitrogens is 2. The molecule has 1 aromatic heterocycles. The summed E-state index contributed by atoms with van der Waals surface area (Å²) in [7, 11) is 0. The molecule has 0 saturated carbocycles. The number of carbonyl (C=O) groups is 3. The molecule has 2 fully saturated rings. The molecule has 0 aliphatic carbocycles. The van der Waals surface area contributed by atoms with Crippen LogP contribution in [0.4, 0.5) is 22.0 Å². The van der Waals surface area contributed by atoms with E-state index in [1.165, 1.54) is 21.9 Å². The predicted octanol–water partition coefficient (Wildman–Crippen LogP) is 4.67. The number of likely N-dealkylation sites (tertiary alicyclic amines) is 2. The Morgan fingerprint density at radius 2 is 1.51 bits per heavy atom. The number of nitrogens with one attached hydrogen (secondary N) is 1. The third-order valence-corrected chi connectivity index (χ3v) is 7.41. The second-order valence-electron chi connectivity index (χ2n) is 10.3. The lowest BCUT2D eigenvalue weighted by atomic mass is 10.0. The third kappa shape index (κ3) is 6.22. The number of hydrogen-bond donors (Lipinski definition) is 1. The molecule has 0 bridgehead atoms. The van der Waals surface area contributed by atoms with Gasteiger partial charge < -0.3 is 19.9 Å². The lowest BCUT2D eigenvalue weighted by Gasteiger charge is -2.39. The first-order valence-corrected chi connectivity index (χ1v) is 13.3. The van der Waals surface area contributed by atoms with Crippen LogP contribution in [0, 0.1) is 0 Å². The second kappa shape index (κ2) is 11.5. The van der Waals surface area contributed by atoms with Crippen molar-refractivity contribution in [1.29, 1.82) is 0 Å². The van der Waals surface area contributed by atoms with Gasteiger partial charge in [0.15, 0.2) is 11.7 Å². The molecule has 0 atom stereocenters. The summed E-state index contributed by atoms with van der Waals surface area (Å²) in [4.78, 5) is 40.0. The first kappa shape index (κ1) is 29.7. The molecule has 14 heteroatoms. The Morgan fingerprint density at radius 3 is 2.09 bits per heavy atom. The monoisotopic (exact) mass is 603 g/mol. The topological polar surface area (TPSA) is 96.8 Å². The van der Waals surface area contributed by atoms with Crippen molar-refractivity contribution in [2.24, 2.45) is 0 Å². The number of amides is 3. The van der Waals surface area contributed by atoms with Crippen molar-refractivity contribution < 1.29 is 41.1 Å². The summed E-state index contributed by atoms with van der Waals surface area (Å²) in [5.41, 5.74) is 1.50. The van der Waals surface area contributed by atoms with Crippen molar-refractivity contribution in [1.82, 2.24) is 24.9 Å². The normalized spacial score (nSPS) is 16.1.